The number of hydrogen-bond donors (Lipinski definition) is 2. The average Bonchev–Trinajstić information content (AvgIpc) is 2.35. The molecule has 0 aliphatic carbocycles. The topological polar surface area (TPSA) is 55.5 Å². The van der Waals surface area contributed by atoms with Crippen LogP contribution in [0, 0.1) is 0 Å². The van der Waals surface area contributed by atoms with Gasteiger partial charge in [-0.15, -0.1) is 0 Å². The molecule has 2 aromatic rings. The van der Waals surface area contributed by atoms with E-state index < -0.39 is 11.6 Å². The van der Waals surface area contributed by atoms with Gasteiger partial charge in [0, 0.05) is 5.54 Å². The predicted octanol–water partition coefficient (Wildman–Crippen LogP) is 2.62. The van der Waals surface area contributed by atoms with Crippen LogP contribution in [-0.2, 0) is 0 Å². The molecular formula is C15H19NO2. The Morgan fingerprint density at radius 3 is 2.33 bits per heavy atom. The summed E-state index contributed by atoms with van der Waals surface area (Å²) in [5.41, 5.74) is 6.11. The summed E-state index contributed by atoms with van der Waals surface area (Å²) in [6.07, 6.45) is -0.677. The smallest absolute Gasteiger partial charge is 0.119 e. The number of aliphatic hydroxyl groups is 1. The van der Waals surface area contributed by atoms with E-state index in [0.29, 0.717) is 0 Å². The minimum atomic E-state index is -0.677. The fourth-order valence-corrected chi connectivity index (χ4v) is 1.97. The monoisotopic (exact) mass is 245 g/mol. The molecule has 0 amide bonds. The van der Waals surface area contributed by atoms with Gasteiger partial charge in [0.1, 0.15) is 5.75 Å². The second kappa shape index (κ2) is 4.59. The third kappa shape index (κ3) is 2.47. The first kappa shape index (κ1) is 12.9. The molecule has 0 aliphatic rings. The number of ether oxygens (including phenoxy) is 1. The average molecular weight is 245 g/mol. The maximum atomic E-state index is 10.2. The van der Waals surface area contributed by atoms with Crippen LogP contribution in [0.15, 0.2) is 36.4 Å². The summed E-state index contributed by atoms with van der Waals surface area (Å²) in [6, 6.07) is 11.7. The van der Waals surface area contributed by atoms with E-state index in [1.807, 2.05) is 50.2 Å². The number of benzene rings is 2. The molecule has 0 saturated carbocycles. The molecule has 0 aromatic heterocycles. The number of rotatable bonds is 3. The summed E-state index contributed by atoms with van der Waals surface area (Å²) in [4.78, 5) is 0. The van der Waals surface area contributed by atoms with Crippen molar-refractivity contribution >= 4 is 10.8 Å². The second-order valence-electron chi connectivity index (χ2n) is 5.20. The molecule has 3 heteroatoms. The maximum absolute atomic E-state index is 10.2. The van der Waals surface area contributed by atoms with E-state index >= 15 is 0 Å². The third-order valence-corrected chi connectivity index (χ3v) is 3.09. The van der Waals surface area contributed by atoms with Crippen LogP contribution in [0.3, 0.4) is 0 Å². The molecule has 2 aromatic carbocycles. The van der Waals surface area contributed by atoms with E-state index in [1.54, 1.807) is 7.11 Å². The van der Waals surface area contributed by atoms with Gasteiger partial charge in [-0.1, -0.05) is 18.2 Å². The van der Waals surface area contributed by atoms with Gasteiger partial charge in [-0.3, -0.25) is 0 Å². The minimum Gasteiger partial charge on any atom is -0.497 e. The Morgan fingerprint density at radius 1 is 1.11 bits per heavy atom. The Bertz CT molecular complexity index is 558. The normalized spacial score (nSPS) is 13.6. The Labute approximate surface area is 107 Å². The minimum absolute atomic E-state index is 0.653. The first-order valence-electron chi connectivity index (χ1n) is 5.96. The first-order valence-corrected chi connectivity index (χ1v) is 5.96. The molecule has 96 valence electrons. The SMILES string of the molecule is COc1ccc2cc(C(O)C(C)(C)N)ccc2c1. The number of hydrogen-bond acceptors (Lipinski definition) is 3. The van der Waals surface area contributed by atoms with Crippen molar-refractivity contribution in [1.29, 1.82) is 0 Å². The van der Waals surface area contributed by atoms with Crippen molar-refractivity contribution in [2.24, 2.45) is 5.73 Å². The van der Waals surface area contributed by atoms with Gasteiger partial charge in [0.25, 0.3) is 0 Å². The lowest BCUT2D eigenvalue weighted by atomic mass is 9.91. The van der Waals surface area contributed by atoms with Crippen molar-refractivity contribution in [3.63, 3.8) is 0 Å². The fourth-order valence-electron chi connectivity index (χ4n) is 1.97. The highest BCUT2D eigenvalue weighted by Crippen LogP contribution is 2.28. The van der Waals surface area contributed by atoms with Gasteiger partial charge in [-0.05, 0) is 48.4 Å². The summed E-state index contributed by atoms with van der Waals surface area (Å²) in [7, 11) is 1.65. The van der Waals surface area contributed by atoms with Crippen LogP contribution in [-0.4, -0.2) is 17.8 Å². The van der Waals surface area contributed by atoms with Gasteiger partial charge in [-0.2, -0.15) is 0 Å². The molecular weight excluding hydrogens is 226 g/mol. The molecule has 18 heavy (non-hydrogen) atoms. The Morgan fingerprint density at radius 2 is 1.72 bits per heavy atom. The number of aliphatic hydroxyl groups excluding tert-OH is 1. The zero-order chi connectivity index (χ0) is 13.3. The molecule has 0 spiro atoms. The summed E-state index contributed by atoms with van der Waals surface area (Å²) in [5.74, 6) is 0.829. The van der Waals surface area contributed by atoms with Crippen molar-refractivity contribution in [3.8, 4) is 5.75 Å². The lowest BCUT2D eigenvalue weighted by Gasteiger charge is -2.26. The van der Waals surface area contributed by atoms with Crippen LogP contribution < -0.4 is 10.5 Å². The van der Waals surface area contributed by atoms with Crippen LogP contribution >= 0.6 is 0 Å². The fraction of sp³-hybridized carbons (Fsp3) is 0.333. The molecule has 3 N–H and O–H groups in total. The summed E-state index contributed by atoms with van der Waals surface area (Å²) >= 11 is 0. The van der Waals surface area contributed by atoms with Crippen molar-refractivity contribution in [1.82, 2.24) is 0 Å². The van der Waals surface area contributed by atoms with Crippen molar-refractivity contribution in [2.75, 3.05) is 7.11 Å². The van der Waals surface area contributed by atoms with E-state index in [2.05, 4.69) is 0 Å². The molecule has 0 saturated heterocycles. The van der Waals surface area contributed by atoms with Crippen molar-refractivity contribution in [3.05, 3.63) is 42.0 Å². The number of nitrogens with two attached hydrogens (primary N) is 1. The predicted molar refractivity (Wildman–Crippen MR) is 73.7 cm³/mol. The third-order valence-electron chi connectivity index (χ3n) is 3.09. The first-order chi connectivity index (χ1) is 8.41. The highest BCUT2D eigenvalue weighted by molar-refractivity contribution is 5.84. The summed E-state index contributed by atoms with van der Waals surface area (Å²) in [5, 5.41) is 12.3. The molecule has 0 aliphatic heterocycles. The number of methoxy groups -OCH3 is 1. The van der Waals surface area contributed by atoms with E-state index in [1.165, 1.54) is 0 Å². The van der Waals surface area contributed by atoms with Crippen molar-refractivity contribution < 1.29 is 9.84 Å². The summed E-state index contributed by atoms with van der Waals surface area (Å²) < 4.78 is 5.18. The Kier molecular flexibility index (Phi) is 3.28. The second-order valence-corrected chi connectivity index (χ2v) is 5.20. The van der Waals surface area contributed by atoms with Gasteiger partial charge in [0.2, 0.25) is 0 Å². The lowest BCUT2D eigenvalue weighted by Crippen LogP contribution is -2.39. The molecule has 0 heterocycles. The number of fused-ring (bicyclic) bond motifs is 1. The zero-order valence-electron chi connectivity index (χ0n) is 11.0. The van der Waals surface area contributed by atoms with Gasteiger partial charge >= 0.3 is 0 Å². The molecule has 1 unspecified atom stereocenters. The van der Waals surface area contributed by atoms with E-state index in [4.69, 9.17) is 10.5 Å². The standard InChI is InChI=1S/C15H19NO2/c1-15(2,16)14(17)12-5-4-11-9-13(18-3)7-6-10(11)8-12/h4-9,14,17H,16H2,1-3H3. The molecule has 0 bridgehead atoms. The van der Waals surface area contributed by atoms with Crippen molar-refractivity contribution in [2.45, 2.75) is 25.5 Å². The lowest BCUT2D eigenvalue weighted by molar-refractivity contribution is 0.105. The molecule has 2 rings (SSSR count). The zero-order valence-corrected chi connectivity index (χ0v) is 11.0. The highest BCUT2D eigenvalue weighted by Gasteiger charge is 2.24. The quantitative estimate of drug-likeness (QED) is 0.874. The van der Waals surface area contributed by atoms with E-state index in [0.717, 1.165) is 22.1 Å². The van der Waals surface area contributed by atoms with Crippen LogP contribution in [0.2, 0.25) is 0 Å². The molecule has 0 radical (unpaired) electrons. The Balaban J connectivity index is 2.45. The molecule has 3 nitrogen and oxygen atoms in total. The van der Waals surface area contributed by atoms with Crippen LogP contribution in [0.4, 0.5) is 0 Å². The maximum Gasteiger partial charge on any atom is 0.119 e. The highest BCUT2D eigenvalue weighted by atomic mass is 16.5. The van der Waals surface area contributed by atoms with Gasteiger partial charge in [-0.25, -0.2) is 0 Å². The van der Waals surface area contributed by atoms with Crippen LogP contribution in [0.25, 0.3) is 10.8 Å². The molecule has 0 fully saturated rings. The van der Waals surface area contributed by atoms with Gasteiger partial charge in [0.05, 0.1) is 13.2 Å². The van der Waals surface area contributed by atoms with Crippen LogP contribution in [0.5, 0.6) is 5.75 Å². The van der Waals surface area contributed by atoms with Crippen LogP contribution in [0.1, 0.15) is 25.5 Å². The van der Waals surface area contributed by atoms with Gasteiger partial charge < -0.3 is 15.6 Å². The molecule has 1 atom stereocenters. The van der Waals surface area contributed by atoms with E-state index in [9.17, 15) is 5.11 Å². The van der Waals surface area contributed by atoms with Gasteiger partial charge in [0.15, 0.2) is 0 Å². The van der Waals surface area contributed by atoms with E-state index in [-0.39, 0.29) is 0 Å². The largest absolute Gasteiger partial charge is 0.497 e. The Hall–Kier alpha value is -1.58. The summed E-state index contributed by atoms with van der Waals surface area (Å²) in [6.45, 7) is 3.63.